The minimum atomic E-state index is -0.390. The van der Waals surface area contributed by atoms with E-state index < -0.39 is 0 Å². The van der Waals surface area contributed by atoms with Gasteiger partial charge < -0.3 is 15.0 Å². The Hall–Kier alpha value is -2.56. The minimum absolute atomic E-state index is 0.0692. The number of para-hydroxylation sites is 1. The molecule has 1 N–H and O–H groups in total. The number of rotatable bonds is 6. The molecule has 0 saturated carbocycles. The van der Waals surface area contributed by atoms with E-state index >= 15 is 0 Å². The Bertz CT molecular complexity index is 700. The number of halogens is 1. The van der Waals surface area contributed by atoms with Gasteiger partial charge in [0.15, 0.2) is 11.6 Å². The van der Waals surface area contributed by atoms with Crippen molar-refractivity contribution in [3.63, 3.8) is 0 Å². The fourth-order valence-corrected chi connectivity index (χ4v) is 3.28. The number of nitrogens with zero attached hydrogens (tertiary/aromatic N) is 1. The third-order valence-corrected chi connectivity index (χ3v) is 4.74. The van der Waals surface area contributed by atoms with Gasteiger partial charge in [0.25, 0.3) is 0 Å². The van der Waals surface area contributed by atoms with Gasteiger partial charge in [-0.25, -0.2) is 9.18 Å². The van der Waals surface area contributed by atoms with Gasteiger partial charge in [0, 0.05) is 13.1 Å². The molecule has 3 rings (SSSR count). The Morgan fingerprint density at radius 3 is 2.50 bits per heavy atom. The number of hydrogen-bond acceptors (Lipinski definition) is 2. The van der Waals surface area contributed by atoms with E-state index in [4.69, 9.17) is 4.74 Å². The van der Waals surface area contributed by atoms with Crippen molar-refractivity contribution in [1.29, 1.82) is 0 Å². The summed E-state index contributed by atoms with van der Waals surface area (Å²) in [7, 11) is 0. The Morgan fingerprint density at radius 1 is 1.08 bits per heavy atom. The maximum absolute atomic E-state index is 13.4. The molecule has 2 aromatic rings. The normalized spacial score (nSPS) is 14.9. The lowest BCUT2D eigenvalue weighted by atomic mass is 9.90. The second kappa shape index (κ2) is 9.22. The monoisotopic (exact) mass is 356 g/mol. The van der Waals surface area contributed by atoms with Gasteiger partial charge in [0.2, 0.25) is 0 Å². The molecule has 2 amide bonds. The Morgan fingerprint density at radius 2 is 1.77 bits per heavy atom. The number of carbonyl (C=O) groups excluding carboxylic acids is 1. The molecule has 26 heavy (non-hydrogen) atoms. The maximum atomic E-state index is 13.4. The largest absolute Gasteiger partial charge is 0.489 e. The van der Waals surface area contributed by atoms with Crippen LogP contribution in [-0.2, 0) is 6.42 Å². The summed E-state index contributed by atoms with van der Waals surface area (Å²) >= 11 is 0. The van der Waals surface area contributed by atoms with Gasteiger partial charge in [-0.2, -0.15) is 0 Å². The summed E-state index contributed by atoms with van der Waals surface area (Å²) in [6.45, 7) is 2.16. The lowest BCUT2D eigenvalue weighted by molar-refractivity contribution is 0.168. The summed E-state index contributed by atoms with van der Waals surface area (Å²) in [5, 5.41) is 2.85. The molecule has 0 aliphatic carbocycles. The van der Waals surface area contributed by atoms with Crippen molar-refractivity contribution < 1.29 is 13.9 Å². The number of carbonyl (C=O) groups is 1. The molecule has 138 valence electrons. The van der Waals surface area contributed by atoms with Crippen LogP contribution in [0.25, 0.3) is 0 Å². The average Bonchev–Trinajstić information content (AvgIpc) is 2.68. The third-order valence-electron chi connectivity index (χ3n) is 4.74. The van der Waals surface area contributed by atoms with Crippen molar-refractivity contribution in [2.75, 3.05) is 26.2 Å². The highest BCUT2D eigenvalue weighted by Gasteiger charge is 2.22. The van der Waals surface area contributed by atoms with E-state index in [1.807, 2.05) is 11.0 Å². The number of benzene rings is 2. The number of likely N-dealkylation sites (tertiary alicyclic amines) is 1. The summed E-state index contributed by atoms with van der Waals surface area (Å²) in [5.74, 6) is 0.452. The van der Waals surface area contributed by atoms with Crippen molar-refractivity contribution in [3.8, 4) is 5.75 Å². The van der Waals surface area contributed by atoms with Gasteiger partial charge in [0.05, 0.1) is 6.54 Å². The van der Waals surface area contributed by atoms with Crippen LogP contribution in [0.15, 0.2) is 54.6 Å². The summed E-state index contributed by atoms with van der Waals surface area (Å²) in [6, 6.07) is 16.7. The van der Waals surface area contributed by atoms with Gasteiger partial charge in [-0.15, -0.1) is 0 Å². The number of piperidine rings is 1. The summed E-state index contributed by atoms with van der Waals surface area (Å²) in [6.07, 6.45) is 3.12. The first-order valence-electron chi connectivity index (χ1n) is 9.16. The van der Waals surface area contributed by atoms with E-state index in [1.165, 1.54) is 11.6 Å². The molecule has 1 aliphatic heterocycles. The number of amides is 2. The van der Waals surface area contributed by atoms with E-state index in [1.54, 1.807) is 18.2 Å². The van der Waals surface area contributed by atoms with E-state index in [0.29, 0.717) is 12.5 Å². The fourth-order valence-electron chi connectivity index (χ4n) is 3.28. The Balaban J connectivity index is 1.34. The number of urea groups is 1. The fraction of sp³-hybridized carbons (Fsp3) is 0.381. The van der Waals surface area contributed by atoms with Gasteiger partial charge in [-0.3, -0.25) is 0 Å². The molecule has 0 unspecified atom stereocenters. The molecule has 2 aromatic carbocycles. The zero-order valence-corrected chi connectivity index (χ0v) is 14.9. The van der Waals surface area contributed by atoms with E-state index in [2.05, 4.69) is 29.6 Å². The molecule has 1 saturated heterocycles. The lowest BCUT2D eigenvalue weighted by Gasteiger charge is -2.32. The van der Waals surface area contributed by atoms with Crippen LogP contribution in [-0.4, -0.2) is 37.2 Å². The first kappa shape index (κ1) is 18.2. The molecule has 5 heteroatoms. The molecule has 0 aromatic heterocycles. The van der Waals surface area contributed by atoms with Crippen LogP contribution in [0.3, 0.4) is 0 Å². The summed E-state index contributed by atoms with van der Waals surface area (Å²) in [5.41, 5.74) is 1.36. The zero-order chi connectivity index (χ0) is 18.2. The number of hydrogen-bond donors (Lipinski definition) is 1. The van der Waals surface area contributed by atoms with Crippen molar-refractivity contribution >= 4 is 6.03 Å². The molecule has 4 nitrogen and oxygen atoms in total. The third kappa shape index (κ3) is 5.22. The van der Waals surface area contributed by atoms with Crippen LogP contribution in [0.5, 0.6) is 5.75 Å². The maximum Gasteiger partial charge on any atom is 0.317 e. The second-order valence-corrected chi connectivity index (χ2v) is 6.63. The highest BCUT2D eigenvalue weighted by atomic mass is 19.1. The van der Waals surface area contributed by atoms with Crippen molar-refractivity contribution in [3.05, 3.63) is 66.0 Å². The van der Waals surface area contributed by atoms with E-state index in [0.717, 1.165) is 32.4 Å². The molecular formula is C21H25FN2O2. The molecule has 1 aliphatic rings. The SMILES string of the molecule is O=C(NCCOc1ccccc1F)N1CCC(Cc2ccccc2)CC1. The van der Waals surface area contributed by atoms with Crippen molar-refractivity contribution in [2.45, 2.75) is 19.3 Å². The summed E-state index contributed by atoms with van der Waals surface area (Å²) in [4.78, 5) is 14.1. The standard InChI is InChI=1S/C21H25FN2O2/c22-19-8-4-5-9-20(19)26-15-12-23-21(25)24-13-10-18(11-14-24)16-17-6-2-1-3-7-17/h1-9,18H,10-16H2,(H,23,25). The quantitative estimate of drug-likeness (QED) is 0.799. The van der Waals surface area contributed by atoms with Gasteiger partial charge in [-0.05, 0) is 42.9 Å². The summed E-state index contributed by atoms with van der Waals surface area (Å²) < 4.78 is 18.8. The Kier molecular flexibility index (Phi) is 6.47. The first-order chi connectivity index (χ1) is 12.7. The molecule has 1 fully saturated rings. The zero-order valence-electron chi connectivity index (χ0n) is 14.9. The predicted molar refractivity (Wildman–Crippen MR) is 99.7 cm³/mol. The lowest BCUT2D eigenvalue weighted by Crippen LogP contribution is -2.45. The second-order valence-electron chi connectivity index (χ2n) is 6.63. The molecular weight excluding hydrogens is 331 g/mol. The number of ether oxygens (including phenoxy) is 1. The van der Waals surface area contributed by atoms with Crippen LogP contribution >= 0.6 is 0 Å². The molecule has 1 heterocycles. The predicted octanol–water partition coefficient (Wildman–Crippen LogP) is 3.87. The molecule has 0 bridgehead atoms. The van der Waals surface area contributed by atoms with Crippen molar-refractivity contribution in [2.24, 2.45) is 5.92 Å². The van der Waals surface area contributed by atoms with E-state index in [-0.39, 0.29) is 24.2 Å². The van der Waals surface area contributed by atoms with Crippen LogP contribution in [0, 0.1) is 11.7 Å². The molecule has 0 radical (unpaired) electrons. The highest BCUT2D eigenvalue weighted by molar-refractivity contribution is 5.74. The smallest absolute Gasteiger partial charge is 0.317 e. The average molecular weight is 356 g/mol. The highest BCUT2D eigenvalue weighted by Crippen LogP contribution is 2.21. The van der Waals surface area contributed by atoms with Crippen LogP contribution in [0.1, 0.15) is 18.4 Å². The van der Waals surface area contributed by atoms with Crippen LogP contribution in [0.2, 0.25) is 0 Å². The minimum Gasteiger partial charge on any atom is -0.489 e. The van der Waals surface area contributed by atoms with E-state index in [9.17, 15) is 9.18 Å². The van der Waals surface area contributed by atoms with Gasteiger partial charge in [-0.1, -0.05) is 42.5 Å². The topological polar surface area (TPSA) is 41.6 Å². The van der Waals surface area contributed by atoms with Crippen LogP contribution in [0.4, 0.5) is 9.18 Å². The Labute approximate surface area is 154 Å². The molecule has 0 spiro atoms. The molecule has 0 atom stereocenters. The van der Waals surface area contributed by atoms with Crippen LogP contribution < -0.4 is 10.1 Å². The number of nitrogens with one attached hydrogen (secondary N) is 1. The van der Waals surface area contributed by atoms with Crippen molar-refractivity contribution in [1.82, 2.24) is 10.2 Å². The first-order valence-corrected chi connectivity index (χ1v) is 9.16. The van der Waals surface area contributed by atoms with Gasteiger partial charge >= 0.3 is 6.03 Å². The van der Waals surface area contributed by atoms with Gasteiger partial charge in [0.1, 0.15) is 6.61 Å².